The second-order valence-electron chi connectivity index (χ2n) is 7.54. The number of hydrogen-bond acceptors (Lipinski definition) is 3. The van der Waals surface area contributed by atoms with Gasteiger partial charge in [0.1, 0.15) is 5.76 Å². The van der Waals surface area contributed by atoms with Crippen molar-refractivity contribution >= 4 is 5.71 Å². The molecular formula is C24H40N2O. The molecule has 1 atom stereocenters. The number of hydrogen-bond donors (Lipinski definition) is 1. The van der Waals surface area contributed by atoms with Crippen molar-refractivity contribution in [2.24, 2.45) is 16.8 Å². The molecule has 0 aliphatic rings. The van der Waals surface area contributed by atoms with Gasteiger partial charge >= 0.3 is 0 Å². The largest absolute Gasteiger partial charge is 0.360 e. The van der Waals surface area contributed by atoms with Gasteiger partial charge in [-0.2, -0.15) is 0 Å². The molecule has 0 aromatic heterocycles. The molecule has 0 saturated heterocycles. The summed E-state index contributed by atoms with van der Waals surface area (Å²) < 4.78 is 0. The van der Waals surface area contributed by atoms with E-state index in [9.17, 15) is 0 Å². The Balaban J connectivity index is 2.49. The van der Waals surface area contributed by atoms with Gasteiger partial charge in [-0.3, -0.25) is 0 Å². The molecule has 152 valence electrons. The smallest absolute Gasteiger partial charge is 0.141 e. The number of benzene rings is 1. The predicted octanol–water partition coefficient (Wildman–Crippen LogP) is 6.61. The molecule has 3 heteroatoms. The number of nitrogens with zero attached hydrogens (tertiary/aromatic N) is 1. The number of rotatable bonds is 15. The quantitative estimate of drug-likeness (QED) is 0.163. The molecule has 0 heterocycles. The van der Waals surface area contributed by atoms with Crippen molar-refractivity contribution < 1.29 is 4.84 Å². The van der Waals surface area contributed by atoms with Crippen LogP contribution in [0.2, 0.25) is 0 Å². The van der Waals surface area contributed by atoms with E-state index in [1.165, 1.54) is 56.9 Å². The van der Waals surface area contributed by atoms with Gasteiger partial charge in [-0.25, -0.2) is 0 Å². The lowest BCUT2D eigenvalue weighted by molar-refractivity contribution is 0.224. The Bertz CT molecular complexity index is 548. The van der Waals surface area contributed by atoms with Gasteiger partial charge in [0.2, 0.25) is 0 Å². The summed E-state index contributed by atoms with van der Waals surface area (Å²) in [5.74, 6) is 0.816. The lowest BCUT2D eigenvalue weighted by atomic mass is 9.95. The Morgan fingerprint density at radius 2 is 1.59 bits per heavy atom. The van der Waals surface area contributed by atoms with Gasteiger partial charge < -0.3 is 10.6 Å². The fourth-order valence-electron chi connectivity index (χ4n) is 3.08. The van der Waals surface area contributed by atoms with Crippen molar-refractivity contribution in [3.63, 3.8) is 0 Å². The SMILES string of the molecule is C=C(CN)O/N=C(/c1ccc(CCCCCCCCCC)cc1)C(C)CC. The zero-order valence-corrected chi connectivity index (χ0v) is 17.8. The maximum atomic E-state index is 5.53. The summed E-state index contributed by atoms with van der Waals surface area (Å²) in [6.07, 6.45) is 13.1. The van der Waals surface area contributed by atoms with E-state index in [0.29, 0.717) is 11.7 Å². The molecule has 0 aliphatic heterocycles. The first kappa shape index (κ1) is 23.4. The molecule has 0 aliphatic carbocycles. The van der Waals surface area contributed by atoms with Crippen molar-refractivity contribution in [1.82, 2.24) is 0 Å². The van der Waals surface area contributed by atoms with Gasteiger partial charge in [-0.1, -0.05) is 102 Å². The lowest BCUT2D eigenvalue weighted by Crippen LogP contribution is -2.13. The fraction of sp³-hybridized carbons (Fsp3) is 0.625. The summed E-state index contributed by atoms with van der Waals surface area (Å²) in [4.78, 5) is 5.36. The van der Waals surface area contributed by atoms with E-state index in [1.807, 2.05) is 0 Å². The molecule has 3 nitrogen and oxygen atoms in total. The average Bonchev–Trinajstić information content (AvgIpc) is 2.70. The maximum Gasteiger partial charge on any atom is 0.141 e. The normalized spacial score (nSPS) is 12.8. The van der Waals surface area contributed by atoms with Crippen LogP contribution in [0.3, 0.4) is 0 Å². The maximum absolute atomic E-state index is 5.53. The summed E-state index contributed by atoms with van der Waals surface area (Å²) in [5, 5.41) is 4.32. The molecule has 0 saturated carbocycles. The summed E-state index contributed by atoms with van der Waals surface area (Å²) in [5.41, 5.74) is 9.02. The van der Waals surface area contributed by atoms with Crippen LogP contribution in [-0.2, 0) is 11.3 Å². The third kappa shape index (κ3) is 9.76. The first-order valence-corrected chi connectivity index (χ1v) is 10.8. The molecule has 0 radical (unpaired) electrons. The van der Waals surface area contributed by atoms with E-state index >= 15 is 0 Å². The minimum absolute atomic E-state index is 0.287. The third-order valence-electron chi connectivity index (χ3n) is 5.15. The fourth-order valence-corrected chi connectivity index (χ4v) is 3.08. The minimum atomic E-state index is 0.287. The zero-order valence-electron chi connectivity index (χ0n) is 17.8. The Kier molecular flexibility index (Phi) is 12.5. The van der Waals surface area contributed by atoms with E-state index in [-0.39, 0.29) is 6.54 Å². The van der Waals surface area contributed by atoms with Crippen molar-refractivity contribution in [2.45, 2.75) is 85.0 Å². The van der Waals surface area contributed by atoms with E-state index in [2.05, 4.69) is 56.8 Å². The monoisotopic (exact) mass is 372 g/mol. The Morgan fingerprint density at radius 1 is 1.00 bits per heavy atom. The molecule has 1 unspecified atom stereocenters. The highest BCUT2D eigenvalue weighted by atomic mass is 16.6. The molecule has 0 bridgehead atoms. The van der Waals surface area contributed by atoms with Gasteiger partial charge in [0.25, 0.3) is 0 Å². The standard InChI is InChI=1S/C24H40N2O/c1-5-7-8-9-10-11-12-13-14-22-15-17-23(18-16-22)24(20(3)6-2)26-27-21(4)19-25/h15-18,20H,4-14,19,25H2,1-3H3/b26-24+. The van der Waals surface area contributed by atoms with Crippen molar-refractivity contribution in [3.05, 3.63) is 47.7 Å². The molecule has 1 aromatic carbocycles. The second-order valence-corrected chi connectivity index (χ2v) is 7.54. The number of oxime groups is 1. The first-order chi connectivity index (χ1) is 13.1. The van der Waals surface area contributed by atoms with Crippen LogP contribution >= 0.6 is 0 Å². The van der Waals surface area contributed by atoms with Gasteiger partial charge in [0.05, 0.1) is 12.3 Å². The highest BCUT2D eigenvalue weighted by Crippen LogP contribution is 2.17. The first-order valence-electron chi connectivity index (χ1n) is 10.8. The van der Waals surface area contributed by atoms with Gasteiger partial charge in [0.15, 0.2) is 0 Å². The number of unbranched alkanes of at least 4 members (excludes halogenated alkanes) is 7. The van der Waals surface area contributed by atoms with Gasteiger partial charge in [0, 0.05) is 5.92 Å². The molecule has 1 rings (SSSR count). The van der Waals surface area contributed by atoms with Crippen LogP contribution in [0.25, 0.3) is 0 Å². The lowest BCUT2D eigenvalue weighted by Gasteiger charge is -2.13. The predicted molar refractivity (Wildman–Crippen MR) is 118 cm³/mol. The van der Waals surface area contributed by atoms with Crippen LogP contribution in [0.1, 0.15) is 89.7 Å². The van der Waals surface area contributed by atoms with Gasteiger partial charge in [-0.05, 0) is 30.4 Å². The van der Waals surface area contributed by atoms with E-state index < -0.39 is 0 Å². The average molecular weight is 373 g/mol. The van der Waals surface area contributed by atoms with Crippen molar-refractivity contribution in [2.75, 3.05) is 6.54 Å². The van der Waals surface area contributed by atoms with Crippen LogP contribution < -0.4 is 5.73 Å². The minimum Gasteiger partial charge on any atom is -0.360 e. The van der Waals surface area contributed by atoms with E-state index in [0.717, 1.165) is 24.1 Å². The molecule has 0 amide bonds. The van der Waals surface area contributed by atoms with Crippen LogP contribution in [0.5, 0.6) is 0 Å². The highest BCUT2D eigenvalue weighted by Gasteiger charge is 2.13. The molecule has 2 N–H and O–H groups in total. The number of nitrogens with two attached hydrogens (primary N) is 1. The molecule has 0 fully saturated rings. The zero-order chi connectivity index (χ0) is 19.9. The molecular weight excluding hydrogens is 332 g/mol. The third-order valence-corrected chi connectivity index (χ3v) is 5.15. The summed E-state index contributed by atoms with van der Waals surface area (Å²) in [7, 11) is 0. The Labute approximate surface area is 167 Å². The van der Waals surface area contributed by atoms with Crippen molar-refractivity contribution in [1.29, 1.82) is 0 Å². The van der Waals surface area contributed by atoms with E-state index in [1.54, 1.807) is 0 Å². The molecule has 27 heavy (non-hydrogen) atoms. The van der Waals surface area contributed by atoms with Gasteiger partial charge in [-0.15, -0.1) is 0 Å². The summed E-state index contributed by atoms with van der Waals surface area (Å²) in [6, 6.07) is 8.79. The highest BCUT2D eigenvalue weighted by molar-refractivity contribution is 6.01. The molecule has 1 aromatic rings. The van der Waals surface area contributed by atoms with Crippen LogP contribution in [0.4, 0.5) is 0 Å². The van der Waals surface area contributed by atoms with Crippen LogP contribution in [-0.4, -0.2) is 12.3 Å². The summed E-state index contributed by atoms with van der Waals surface area (Å²) in [6.45, 7) is 10.6. The Morgan fingerprint density at radius 3 is 2.15 bits per heavy atom. The number of aryl methyl sites for hydroxylation is 1. The summed E-state index contributed by atoms with van der Waals surface area (Å²) >= 11 is 0. The van der Waals surface area contributed by atoms with Crippen LogP contribution in [0.15, 0.2) is 41.8 Å². The van der Waals surface area contributed by atoms with E-state index in [4.69, 9.17) is 10.6 Å². The van der Waals surface area contributed by atoms with Crippen molar-refractivity contribution in [3.8, 4) is 0 Å². The Hall–Kier alpha value is -1.61. The molecule has 0 spiro atoms. The van der Waals surface area contributed by atoms with Crippen LogP contribution in [0, 0.1) is 5.92 Å². The topological polar surface area (TPSA) is 47.6 Å². The second kappa shape index (κ2) is 14.4.